The van der Waals surface area contributed by atoms with Crippen LogP contribution >= 0.6 is 11.8 Å². The minimum atomic E-state index is -2.43. The van der Waals surface area contributed by atoms with Crippen molar-refractivity contribution in [3.05, 3.63) is 53.1 Å². The molecule has 2 amide bonds. The Morgan fingerprint density at radius 1 is 1.07 bits per heavy atom. The Hall–Kier alpha value is -3.83. The third-order valence-corrected chi connectivity index (χ3v) is 13.9. The van der Waals surface area contributed by atoms with Crippen molar-refractivity contribution >= 4 is 41.5 Å². The third-order valence-electron chi connectivity index (χ3n) is 12.4. The molecule has 1 aromatic rings. The average Bonchev–Trinajstić information content (AvgIpc) is 3.79. The largest absolute Gasteiger partial charge is 0.478 e. The number of amides is 2. The Morgan fingerprint density at radius 2 is 1.78 bits per heavy atom. The molecule has 2 heterocycles. The first-order chi connectivity index (χ1) is 26.3. The summed E-state index contributed by atoms with van der Waals surface area (Å²) >= 11 is 1.41. The highest BCUT2D eigenvalue weighted by Gasteiger charge is 2.55. The van der Waals surface area contributed by atoms with Gasteiger partial charge in [-0.1, -0.05) is 37.3 Å². The van der Waals surface area contributed by atoms with Crippen molar-refractivity contribution in [2.24, 2.45) is 29.1 Å². The molecule has 2 fully saturated rings. The Labute approximate surface area is 324 Å². The summed E-state index contributed by atoms with van der Waals surface area (Å²) in [5.41, 5.74) is 0.670. The Bertz CT molecular complexity index is 1680. The van der Waals surface area contributed by atoms with Gasteiger partial charge in [0.1, 0.15) is 17.7 Å². The van der Waals surface area contributed by atoms with E-state index in [-0.39, 0.29) is 35.0 Å². The molecule has 1 aliphatic heterocycles. The highest BCUT2D eigenvalue weighted by molar-refractivity contribution is 8.00. The molecule has 7 rings (SSSR count). The summed E-state index contributed by atoms with van der Waals surface area (Å²) in [4.78, 5) is 68.3. The normalized spacial score (nSPS) is 27.7. The monoisotopic (exact) mass is 783 g/mol. The van der Waals surface area contributed by atoms with Crippen molar-refractivity contribution in [3.8, 4) is 0 Å². The number of hydrogen-bond acceptors (Lipinski definition) is 12. The predicted octanol–water partition coefficient (Wildman–Crippen LogP) is 2.19. The zero-order valence-electron chi connectivity index (χ0n) is 31.1. The van der Waals surface area contributed by atoms with Gasteiger partial charge in [0.05, 0.1) is 5.25 Å². The lowest BCUT2D eigenvalue weighted by Crippen LogP contribution is -2.56. The molecule has 2 bridgehead atoms. The van der Waals surface area contributed by atoms with Crippen LogP contribution in [0.1, 0.15) is 82.6 Å². The van der Waals surface area contributed by atoms with Crippen LogP contribution in [0.4, 0.5) is 0 Å². The van der Waals surface area contributed by atoms with Crippen LogP contribution in [0.15, 0.2) is 47.5 Å². The fraction of sp³-hybridized carbons (Fsp3) is 0.641. The van der Waals surface area contributed by atoms with E-state index in [0.717, 1.165) is 75.3 Å². The summed E-state index contributed by atoms with van der Waals surface area (Å²) in [7, 11) is 1.55. The number of nitrogens with one attached hydrogen (secondary N) is 4. The number of aromatic nitrogens is 1. The van der Waals surface area contributed by atoms with E-state index in [4.69, 9.17) is 4.74 Å². The molecule has 1 aromatic heterocycles. The fourth-order valence-corrected chi connectivity index (χ4v) is 11.4. The predicted molar refractivity (Wildman–Crippen MR) is 201 cm³/mol. The molecule has 1 spiro atoms. The van der Waals surface area contributed by atoms with Gasteiger partial charge in [0.25, 0.3) is 0 Å². The van der Waals surface area contributed by atoms with Crippen molar-refractivity contribution < 1.29 is 49.1 Å². The number of rotatable bonds is 16. The van der Waals surface area contributed by atoms with Gasteiger partial charge in [0, 0.05) is 37.7 Å². The second-order valence-electron chi connectivity index (χ2n) is 15.8. The molecule has 0 radical (unpaired) electrons. The van der Waals surface area contributed by atoms with E-state index < -0.39 is 60.5 Å². The first kappa shape index (κ1) is 40.8. The molecule has 0 saturated heterocycles. The van der Waals surface area contributed by atoms with Crippen molar-refractivity contribution in [3.63, 3.8) is 0 Å². The van der Waals surface area contributed by atoms with Crippen LogP contribution in [-0.2, 0) is 35.1 Å². The van der Waals surface area contributed by atoms with Gasteiger partial charge in [-0.05, 0) is 98.4 Å². The number of carboxylic acid groups (broad SMARTS) is 2. The molecule has 16 heteroatoms. The number of hydrogen-bond donors (Lipinski definition) is 8. The number of pyridine rings is 1. The number of carbonyl (C=O) groups is 5. The van der Waals surface area contributed by atoms with Crippen LogP contribution in [0.5, 0.6) is 0 Å². The van der Waals surface area contributed by atoms with Crippen molar-refractivity contribution in [1.82, 2.24) is 26.3 Å². The number of thioether (sulfide) groups is 1. The molecule has 55 heavy (non-hydrogen) atoms. The third kappa shape index (κ3) is 9.09. The van der Waals surface area contributed by atoms with Gasteiger partial charge in [0.2, 0.25) is 23.8 Å². The number of allylic oxidation sites excluding steroid dienone is 1. The molecule has 2 saturated carbocycles. The van der Waals surface area contributed by atoms with Gasteiger partial charge in [-0.15, -0.1) is 11.8 Å². The molecule has 0 aromatic carbocycles. The maximum Gasteiger partial charge on any atom is 0.353 e. The summed E-state index contributed by atoms with van der Waals surface area (Å²) in [5.74, 6) is -4.18. The maximum absolute atomic E-state index is 13.9. The molecule has 300 valence electrons. The minimum Gasteiger partial charge on any atom is -0.478 e. The second-order valence-corrected chi connectivity index (χ2v) is 17.0. The lowest BCUT2D eigenvalue weighted by atomic mass is 9.60. The lowest BCUT2D eigenvalue weighted by molar-refractivity contribution is -0.164. The van der Waals surface area contributed by atoms with Crippen LogP contribution in [0.25, 0.3) is 0 Å². The van der Waals surface area contributed by atoms with Crippen LogP contribution in [-0.4, -0.2) is 97.8 Å². The van der Waals surface area contributed by atoms with Crippen LogP contribution in [0.2, 0.25) is 0 Å². The van der Waals surface area contributed by atoms with E-state index in [2.05, 4.69) is 27.0 Å². The highest BCUT2D eigenvalue weighted by Crippen LogP contribution is 2.61. The van der Waals surface area contributed by atoms with E-state index in [1.807, 2.05) is 17.4 Å². The summed E-state index contributed by atoms with van der Waals surface area (Å²) < 4.78 is 6.38. The maximum atomic E-state index is 13.9. The molecular weight excluding hydrogens is 731 g/mol. The number of fused-ring (bicyclic) bond motifs is 2. The summed E-state index contributed by atoms with van der Waals surface area (Å²) in [5, 5.41) is 49.0. The molecule has 5 aliphatic carbocycles. The number of aliphatic hydroxyl groups excluding tert-OH is 1. The Balaban J connectivity index is 1.32. The quantitative estimate of drug-likeness (QED) is 0.0682. The molecule has 6 atom stereocenters. The molecule has 6 unspecified atom stereocenters. The van der Waals surface area contributed by atoms with Gasteiger partial charge in [-0.2, -0.15) is 0 Å². The van der Waals surface area contributed by atoms with Gasteiger partial charge >= 0.3 is 17.9 Å². The molecule has 15 nitrogen and oxygen atoms in total. The van der Waals surface area contributed by atoms with Crippen molar-refractivity contribution in [2.75, 3.05) is 19.5 Å². The van der Waals surface area contributed by atoms with E-state index >= 15 is 0 Å². The molecule has 6 aliphatic rings. The average molecular weight is 784 g/mol. The number of carboxylic acids is 2. The summed E-state index contributed by atoms with van der Waals surface area (Å²) in [6.45, 7) is -0.0596. The lowest BCUT2D eigenvalue weighted by Gasteiger charge is -2.48. The topological polar surface area (TPSA) is 237 Å². The Kier molecular flexibility index (Phi) is 13.0. The summed E-state index contributed by atoms with van der Waals surface area (Å²) in [6, 6.07) is 2.62. The van der Waals surface area contributed by atoms with Crippen LogP contribution in [0.3, 0.4) is 0 Å². The van der Waals surface area contributed by atoms with E-state index in [1.165, 1.54) is 17.3 Å². The van der Waals surface area contributed by atoms with Crippen molar-refractivity contribution in [1.29, 1.82) is 0 Å². The minimum absolute atomic E-state index is 0.0559. The zero-order chi connectivity index (χ0) is 39.3. The number of ether oxygens (including phenoxy) is 1. The van der Waals surface area contributed by atoms with Crippen LogP contribution < -0.4 is 21.3 Å². The first-order valence-corrected chi connectivity index (χ1v) is 20.4. The van der Waals surface area contributed by atoms with E-state index in [1.54, 1.807) is 19.4 Å². The van der Waals surface area contributed by atoms with Crippen LogP contribution in [0, 0.1) is 29.1 Å². The second kappa shape index (κ2) is 17.5. The number of carbonyl (C=O) groups excluding carboxylic acids is 3. The molecular formula is C39H53N5O10S. The number of nitrogens with zero attached hydrogens (tertiary/aromatic N) is 1. The van der Waals surface area contributed by atoms with E-state index in [0.29, 0.717) is 24.0 Å². The summed E-state index contributed by atoms with van der Waals surface area (Å²) in [6.07, 6.45) is 13.0. The number of esters is 1. The Morgan fingerprint density at radius 3 is 2.44 bits per heavy atom. The smallest absolute Gasteiger partial charge is 0.353 e. The van der Waals surface area contributed by atoms with Gasteiger partial charge in [-0.3, -0.25) is 24.7 Å². The number of aliphatic carboxylic acids is 2. The molecule has 8 N–H and O–H groups in total. The SMILES string of the molecule is CNCNC(O)(CCC(=O)NC(CSC1C2=C3C(CC(Cc4ccncc4)=CC3C(=O)O2)CC2CCC(CC2)C12CCCC2)C(=O)NC(O)C(=O)O)C(=O)O. The zero-order valence-corrected chi connectivity index (χ0v) is 31.9. The highest BCUT2D eigenvalue weighted by atomic mass is 32.2. The van der Waals surface area contributed by atoms with Gasteiger partial charge in [0.15, 0.2) is 0 Å². The van der Waals surface area contributed by atoms with Gasteiger partial charge < -0.3 is 41.1 Å². The van der Waals surface area contributed by atoms with E-state index in [9.17, 15) is 44.4 Å². The van der Waals surface area contributed by atoms with Crippen molar-refractivity contribution in [2.45, 2.75) is 107 Å². The first-order valence-electron chi connectivity index (χ1n) is 19.3. The standard InChI is InChI=1S/C39H53N5O10S/c1-40-21-42-39(53,37(51)52)13-8-29(45)43-28(33(46)44-34(47)35(48)49)20-55-32-31-30-25(17-22-4-6-26(7-5-22)38(32)11-2-3-12-38)18-24(19-27(30)36(50)54-31)16-23-9-14-41-15-10-23/h9-10,14-15,19,22,25-28,32,34,40,42,47,53H,2-8,11-13,16-18,20-21H2,1H3,(H,43,45)(H,44,46)(H,48,49)(H,51,52). The number of aliphatic hydroxyl groups is 2. The fourth-order valence-electron chi connectivity index (χ4n) is 9.70. The van der Waals surface area contributed by atoms with Gasteiger partial charge in [-0.25, -0.2) is 9.59 Å².